The smallest absolute Gasteiger partial charge is 0.290 e. The summed E-state index contributed by atoms with van der Waals surface area (Å²) in [4.78, 5) is 31.6. The van der Waals surface area contributed by atoms with Crippen molar-refractivity contribution in [1.82, 2.24) is 15.3 Å². The van der Waals surface area contributed by atoms with E-state index in [9.17, 15) is 9.59 Å². The summed E-state index contributed by atoms with van der Waals surface area (Å²) in [5, 5.41) is 5.16. The van der Waals surface area contributed by atoms with E-state index in [2.05, 4.69) is 20.6 Å². The van der Waals surface area contributed by atoms with Crippen molar-refractivity contribution in [2.24, 2.45) is 5.73 Å². The molecule has 2 fully saturated rings. The summed E-state index contributed by atoms with van der Waals surface area (Å²) in [7, 11) is 0. The predicted molar refractivity (Wildman–Crippen MR) is 85.0 cm³/mol. The van der Waals surface area contributed by atoms with Gasteiger partial charge in [0.2, 0.25) is 5.95 Å². The van der Waals surface area contributed by atoms with Gasteiger partial charge in [-0.1, -0.05) is 0 Å². The third-order valence-electron chi connectivity index (χ3n) is 3.70. The first-order valence-corrected chi connectivity index (χ1v) is 8.02. The van der Waals surface area contributed by atoms with Gasteiger partial charge in [0.05, 0.1) is 10.6 Å². The number of aromatic nitrogens is 2. The Kier molecular flexibility index (Phi) is 4.39. The molecule has 3 rings (SSSR count). The number of carbonyl (C=O) groups excluding carboxylic acids is 2. The molecular formula is C14H17N5O2S. The molecule has 116 valence electrons. The molecule has 0 spiro atoms. The minimum atomic E-state index is -0.385. The summed E-state index contributed by atoms with van der Waals surface area (Å²) in [5.74, 6) is 0.147. The van der Waals surface area contributed by atoms with Gasteiger partial charge >= 0.3 is 0 Å². The van der Waals surface area contributed by atoms with Crippen LogP contribution in [-0.2, 0) is 4.79 Å². The molecule has 1 saturated carbocycles. The molecule has 2 heterocycles. The lowest BCUT2D eigenvalue weighted by Gasteiger charge is -2.26. The number of nitrogens with zero attached hydrogens (tertiary/aromatic N) is 2. The topological polar surface area (TPSA) is 110 Å². The number of nitrogens with one attached hydrogen (secondary N) is 2. The number of amides is 2. The quantitative estimate of drug-likeness (QED) is 0.724. The van der Waals surface area contributed by atoms with Gasteiger partial charge in [0.25, 0.3) is 11.1 Å². The molecule has 0 radical (unpaired) electrons. The van der Waals surface area contributed by atoms with Crippen LogP contribution in [0.15, 0.2) is 17.2 Å². The Morgan fingerprint density at radius 3 is 2.77 bits per heavy atom. The Bertz CT molecular complexity index is 625. The Morgan fingerprint density at radius 1 is 1.32 bits per heavy atom. The van der Waals surface area contributed by atoms with Crippen LogP contribution in [0.5, 0.6) is 0 Å². The van der Waals surface area contributed by atoms with Gasteiger partial charge in [0.15, 0.2) is 0 Å². The van der Waals surface area contributed by atoms with Crippen molar-refractivity contribution in [2.75, 3.05) is 5.32 Å². The Balaban J connectivity index is 1.69. The molecule has 8 heteroatoms. The van der Waals surface area contributed by atoms with Gasteiger partial charge in [-0.15, -0.1) is 0 Å². The third kappa shape index (κ3) is 3.63. The lowest BCUT2D eigenvalue weighted by atomic mass is 9.92. The summed E-state index contributed by atoms with van der Waals surface area (Å²) < 4.78 is 0. The zero-order chi connectivity index (χ0) is 15.5. The molecule has 22 heavy (non-hydrogen) atoms. The van der Waals surface area contributed by atoms with Gasteiger partial charge < -0.3 is 11.1 Å². The minimum Gasteiger partial charge on any atom is -0.351 e. The molecule has 1 aromatic rings. The van der Waals surface area contributed by atoms with Crippen molar-refractivity contribution in [1.29, 1.82) is 0 Å². The van der Waals surface area contributed by atoms with Crippen molar-refractivity contribution in [2.45, 2.75) is 37.8 Å². The maximum Gasteiger partial charge on any atom is 0.290 e. The largest absolute Gasteiger partial charge is 0.351 e. The average molecular weight is 319 g/mol. The van der Waals surface area contributed by atoms with Crippen LogP contribution in [0.25, 0.3) is 6.08 Å². The highest BCUT2D eigenvalue weighted by Gasteiger charge is 2.25. The van der Waals surface area contributed by atoms with Crippen molar-refractivity contribution in [3.05, 3.63) is 22.9 Å². The molecule has 2 aliphatic rings. The first-order chi connectivity index (χ1) is 10.6. The van der Waals surface area contributed by atoms with Gasteiger partial charge in [0, 0.05) is 18.3 Å². The number of hydrogen-bond acceptors (Lipinski definition) is 7. The van der Waals surface area contributed by atoms with E-state index >= 15 is 0 Å². The number of imide groups is 1. The van der Waals surface area contributed by atoms with Gasteiger partial charge in [0.1, 0.15) is 0 Å². The molecular weight excluding hydrogens is 302 g/mol. The fourth-order valence-corrected chi connectivity index (χ4v) is 3.19. The van der Waals surface area contributed by atoms with E-state index in [-0.39, 0.29) is 11.1 Å². The lowest BCUT2D eigenvalue weighted by molar-refractivity contribution is -0.115. The number of hydrogen-bond donors (Lipinski definition) is 3. The second kappa shape index (κ2) is 6.45. The summed E-state index contributed by atoms with van der Waals surface area (Å²) >= 11 is 0.877. The zero-order valence-electron chi connectivity index (χ0n) is 11.9. The van der Waals surface area contributed by atoms with Crippen LogP contribution in [-0.4, -0.2) is 33.2 Å². The van der Waals surface area contributed by atoms with Gasteiger partial charge in [-0.05, 0) is 49.6 Å². The van der Waals surface area contributed by atoms with E-state index in [4.69, 9.17) is 5.73 Å². The highest BCUT2D eigenvalue weighted by molar-refractivity contribution is 8.18. The van der Waals surface area contributed by atoms with Crippen LogP contribution in [0.1, 0.15) is 31.4 Å². The van der Waals surface area contributed by atoms with Crippen molar-refractivity contribution in [3.8, 4) is 0 Å². The Hall–Kier alpha value is -1.93. The summed E-state index contributed by atoms with van der Waals surface area (Å²) in [6.45, 7) is 0. The van der Waals surface area contributed by atoms with Crippen LogP contribution < -0.4 is 16.4 Å². The predicted octanol–water partition coefficient (Wildman–Crippen LogP) is 1.48. The molecule has 1 aliphatic heterocycles. The summed E-state index contributed by atoms with van der Waals surface area (Å²) in [6.07, 6.45) is 7.23. The minimum absolute atomic E-state index is 0.297. The van der Waals surface area contributed by atoms with Crippen molar-refractivity contribution < 1.29 is 9.59 Å². The number of rotatable bonds is 3. The molecule has 0 unspecified atom stereocenters. The first-order valence-electron chi connectivity index (χ1n) is 7.20. The summed E-state index contributed by atoms with van der Waals surface area (Å²) in [5.41, 5.74) is 6.49. The van der Waals surface area contributed by atoms with Crippen LogP contribution in [0.2, 0.25) is 0 Å². The van der Waals surface area contributed by atoms with E-state index < -0.39 is 0 Å². The Morgan fingerprint density at radius 2 is 2.09 bits per heavy atom. The van der Waals surface area contributed by atoms with Gasteiger partial charge in [-0.2, -0.15) is 0 Å². The van der Waals surface area contributed by atoms with Gasteiger partial charge in [-0.25, -0.2) is 9.97 Å². The van der Waals surface area contributed by atoms with Crippen molar-refractivity contribution in [3.63, 3.8) is 0 Å². The van der Waals surface area contributed by atoms with E-state index in [1.54, 1.807) is 18.3 Å². The SMILES string of the molecule is NC1CCC(Nc2nccc(C=C3SC(=O)NC3=O)n2)CC1. The van der Waals surface area contributed by atoms with Crippen molar-refractivity contribution >= 4 is 34.9 Å². The molecule has 2 amide bonds. The number of anilines is 1. The fourth-order valence-electron chi connectivity index (χ4n) is 2.52. The highest BCUT2D eigenvalue weighted by atomic mass is 32.2. The average Bonchev–Trinajstić information content (AvgIpc) is 2.80. The second-order valence-corrected chi connectivity index (χ2v) is 6.43. The molecule has 0 aromatic carbocycles. The highest BCUT2D eigenvalue weighted by Crippen LogP contribution is 2.25. The number of carbonyl (C=O) groups is 2. The molecule has 1 saturated heterocycles. The standard InChI is InChI=1S/C14H17N5O2S/c15-8-1-3-9(4-2-8)17-13-16-6-5-10(18-13)7-11-12(20)19-14(21)22-11/h5-9H,1-4,15H2,(H,16,17,18)(H,19,20,21). The molecule has 7 nitrogen and oxygen atoms in total. The van der Waals surface area contributed by atoms with E-state index in [0.717, 1.165) is 37.4 Å². The molecule has 1 aliphatic carbocycles. The summed E-state index contributed by atoms with van der Waals surface area (Å²) in [6, 6.07) is 2.32. The van der Waals surface area contributed by atoms with Crippen LogP contribution in [0.3, 0.4) is 0 Å². The first kappa shape index (κ1) is 15.0. The van der Waals surface area contributed by atoms with E-state index in [0.29, 0.717) is 28.6 Å². The lowest BCUT2D eigenvalue weighted by Crippen LogP contribution is -2.33. The van der Waals surface area contributed by atoms with Crippen LogP contribution in [0.4, 0.5) is 10.7 Å². The van der Waals surface area contributed by atoms with E-state index in [1.807, 2.05) is 0 Å². The fraction of sp³-hybridized carbons (Fsp3) is 0.429. The maximum absolute atomic E-state index is 11.5. The third-order valence-corrected chi connectivity index (χ3v) is 4.51. The van der Waals surface area contributed by atoms with E-state index in [1.165, 1.54) is 0 Å². The molecule has 4 N–H and O–H groups in total. The normalized spacial score (nSPS) is 27.0. The molecule has 0 atom stereocenters. The monoisotopic (exact) mass is 319 g/mol. The van der Waals surface area contributed by atoms with Gasteiger partial charge in [-0.3, -0.25) is 14.9 Å². The molecule has 0 bridgehead atoms. The number of thioether (sulfide) groups is 1. The van der Waals surface area contributed by atoms with Crippen LogP contribution in [0, 0.1) is 0 Å². The maximum atomic E-state index is 11.5. The Labute approximate surface area is 132 Å². The molecule has 1 aromatic heterocycles. The van der Waals surface area contributed by atoms with Crippen LogP contribution >= 0.6 is 11.8 Å². The zero-order valence-corrected chi connectivity index (χ0v) is 12.7. The second-order valence-electron chi connectivity index (χ2n) is 5.41. The number of nitrogens with two attached hydrogens (primary N) is 1.